The fourth-order valence-corrected chi connectivity index (χ4v) is 1.07. The molecule has 0 saturated carbocycles. The predicted molar refractivity (Wildman–Crippen MR) is 44.3 cm³/mol. The summed E-state index contributed by atoms with van der Waals surface area (Å²) in [4.78, 5) is 0. The molecule has 1 nitrogen and oxygen atoms in total. The quantitative estimate of drug-likeness (QED) is 0.764. The number of hydrogen-bond donors (Lipinski definition) is 1. The van der Waals surface area contributed by atoms with Crippen molar-refractivity contribution in [3.05, 3.63) is 34.6 Å². The molecule has 1 rings (SSSR count). The second-order valence-corrected chi connectivity index (χ2v) is 2.81. The van der Waals surface area contributed by atoms with Gasteiger partial charge in [-0.3, -0.25) is 0 Å². The molecule has 1 atom stereocenters. The van der Waals surface area contributed by atoms with Crippen molar-refractivity contribution in [2.24, 2.45) is 5.73 Å². The summed E-state index contributed by atoms with van der Waals surface area (Å²) in [6, 6.07) is 3.43. The Bertz CT molecular complexity index is 278. The lowest BCUT2D eigenvalue weighted by molar-refractivity contribution is 0.427. The van der Waals surface area contributed by atoms with Crippen LogP contribution in [0.25, 0.3) is 0 Å². The Morgan fingerprint density at radius 2 is 2.17 bits per heavy atom. The van der Waals surface area contributed by atoms with Gasteiger partial charge >= 0.3 is 0 Å². The maximum Gasteiger partial charge on any atom is 0.146 e. The maximum atomic E-state index is 13.1. The van der Waals surface area contributed by atoms with Crippen LogP contribution in [0.5, 0.6) is 0 Å². The zero-order chi connectivity index (χ0) is 9.14. The lowest BCUT2D eigenvalue weighted by atomic mass is 10.1. The van der Waals surface area contributed by atoms with Crippen molar-refractivity contribution < 1.29 is 8.78 Å². The molecular formula is C8H8ClF2N. The van der Waals surface area contributed by atoms with Crippen LogP contribution in [-0.4, -0.2) is 6.67 Å². The summed E-state index contributed by atoms with van der Waals surface area (Å²) in [5, 5.41) is -0.0311. The van der Waals surface area contributed by atoms with Crippen LogP contribution in [-0.2, 0) is 0 Å². The van der Waals surface area contributed by atoms with E-state index in [-0.39, 0.29) is 10.6 Å². The van der Waals surface area contributed by atoms with Crippen molar-refractivity contribution in [2.45, 2.75) is 6.04 Å². The van der Waals surface area contributed by atoms with E-state index in [0.717, 1.165) is 0 Å². The molecule has 0 aliphatic heterocycles. The lowest BCUT2D eigenvalue weighted by Crippen LogP contribution is -2.13. The fraction of sp³-hybridized carbons (Fsp3) is 0.250. The van der Waals surface area contributed by atoms with Gasteiger partial charge in [0.15, 0.2) is 0 Å². The van der Waals surface area contributed by atoms with Crippen molar-refractivity contribution in [3.63, 3.8) is 0 Å². The summed E-state index contributed by atoms with van der Waals surface area (Å²) in [5.41, 5.74) is 5.41. The first-order valence-corrected chi connectivity index (χ1v) is 3.80. The Morgan fingerprint density at radius 3 is 2.75 bits per heavy atom. The topological polar surface area (TPSA) is 26.0 Å². The number of halogens is 3. The van der Waals surface area contributed by atoms with Gasteiger partial charge in [-0.05, 0) is 6.07 Å². The molecule has 1 aromatic rings. The Morgan fingerprint density at radius 1 is 1.50 bits per heavy atom. The largest absolute Gasteiger partial charge is 0.322 e. The second kappa shape index (κ2) is 3.83. The molecule has 0 spiro atoms. The van der Waals surface area contributed by atoms with E-state index in [2.05, 4.69) is 0 Å². The van der Waals surface area contributed by atoms with Gasteiger partial charge in [0.1, 0.15) is 12.5 Å². The molecule has 0 amide bonds. The van der Waals surface area contributed by atoms with Gasteiger partial charge < -0.3 is 5.73 Å². The summed E-state index contributed by atoms with van der Waals surface area (Å²) in [6.07, 6.45) is 0. The number of rotatable bonds is 2. The first-order valence-electron chi connectivity index (χ1n) is 3.42. The van der Waals surface area contributed by atoms with Crippen molar-refractivity contribution in [1.29, 1.82) is 0 Å². The first kappa shape index (κ1) is 9.42. The zero-order valence-corrected chi connectivity index (χ0v) is 6.98. The Labute approximate surface area is 74.1 Å². The van der Waals surface area contributed by atoms with Crippen molar-refractivity contribution in [3.8, 4) is 0 Å². The van der Waals surface area contributed by atoms with Gasteiger partial charge in [0.05, 0.1) is 11.1 Å². The fourth-order valence-electron chi connectivity index (χ4n) is 0.890. The third-order valence-corrected chi connectivity index (χ3v) is 1.84. The summed E-state index contributed by atoms with van der Waals surface area (Å²) in [7, 11) is 0. The first-order chi connectivity index (χ1) is 5.66. The van der Waals surface area contributed by atoms with Crippen molar-refractivity contribution >= 4 is 11.6 Å². The van der Waals surface area contributed by atoms with Crippen LogP contribution < -0.4 is 5.73 Å². The monoisotopic (exact) mass is 191 g/mol. The molecule has 66 valence electrons. The predicted octanol–water partition coefficient (Wildman–Crippen LogP) is 2.45. The molecule has 0 unspecified atom stereocenters. The minimum Gasteiger partial charge on any atom is -0.322 e. The lowest BCUT2D eigenvalue weighted by Gasteiger charge is -2.08. The van der Waals surface area contributed by atoms with Gasteiger partial charge in [-0.15, -0.1) is 0 Å². The molecule has 0 aliphatic rings. The molecule has 0 heterocycles. The molecule has 0 aromatic heterocycles. The standard InChI is InChI=1S/C8H8ClF2N/c9-6-3-1-2-5(8(6)11)7(12)4-10/h1-3,7H,4,12H2/t7-/m1/s1. The highest BCUT2D eigenvalue weighted by molar-refractivity contribution is 6.30. The van der Waals surface area contributed by atoms with Crippen LogP contribution in [0.15, 0.2) is 18.2 Å². The Kier molecular flexibility index (Phi) is 3.00. The van der Waals surface area contributed by atoms with Crippen molar-refractivity contribution in [2.75, 3.05) is 6.67 Å². The van der Waals surface area contributed by atoms with Crippen LogP contribution in [0.3, 0.4) is 0 Å². The molecular weight excluding hydrogens is 184 g/mol. The van der Waals surface area contributed by atoms with Gasteiger partial charge in [-0.25, -0.2) is 8.78 Å². The minimum atomic E-state index is -0.927. The van der Waals surface area contributed by atoms with E-state index < -0.39 is 18.5 Å². The summed E-state index contributed by atoms with van der Waals surface area (Å²) in [5.74, 6) is -0.635. The number of benzene rings is 1. The van der Waals surface area contributed by atoms with Gasteiger partial charge in [-0.1, -0.05) is 23.7 Å². The van der Waals surface area contributed by atoms with Gasteiger partial charge in [0.2, 0.25) is 0 Å². The third kappa shape index (κ3) is 1.73. The highest BCUT2D eigenvalue weighted by Crippen LogP contribution is 2.22. The minimum absolute atomic E-state index is 0.0311. The van der Waals surface area contributed by atoms with Crippen molar-refractivity contribution in [1.82, 2.24) is 0 Å². The van der Waals surface area contributed by atoms with Gasteiger partial charge in [0, 0.05) is 5.56 Å². The molecule has 2 N–H and O–H groups in total. The summed E-state index contributed by atoms with van der Waals surface area (Å²) >= 11 is 5.46. The highest BCUT2D eigenvalue weighted by Gasteiger charge is 2.12. The van der Waals surface area contributed by atoms with E-state index in [0.29, 0.717) is 0 Å². The molecule has 0 saturated heterocycles. The molecule has 0 fully saturated rings. The smallest absolute Gasteiger partial charge is 0.146 e. The number of nitrogens with two attached hydrogens (primary N) is 1. The zero-order valence-electron chi connectivity index (χ0n) is 6.23. The Balaban J connectivity index is 3.07. The van der Waals surface area contributed by atoms with E-state index in [9.17, 15) is 8.78 Å². The highest BCUT2D eigenvalue weighted by atomic mass is 35.5. The van der Waals surface area contributed by atoms with Crippen LogP contribution >= 0.6 is 11.6 Å². The molecule has 1 aromatic carbocycles. The van der Waals surface area contributed by atoms with Gasteiger partial charge in [0.25, 0.3) is 0 Å². The third-order valence-electron chi connectivity index (χ3n) is 1.55. The van der Waals surface area contributed by atoms with Gasteiger partial charge in [-0.2, -0.15) is 0 Å². The van der Waals surface area contributed by atoms with E-state index >= 15 is 0 Å². The van der Waals surface area contributed by atoms with E-state index in [1.807, 2.05) is 0 Å². The van der Waals surface area contributed by atoms with Crippen LogP contribution in [0.2, 0.25) is 5.02 Å². The average molecular weight is 192 g/mol. The SMILES string of the molecule is N[C@H](CF)c1cccc(Cl)c1F. The molecule has 12 heavy (non-hydrogen) atoms. The molecule has 4 heteroatoms. The average Bonchev–Trinajstić information content (AvgIpc) is 2.08. The second-order valence-electron chi connectivity index (χ2n) is 2.40. The van der Waals surface area contributed by atoms with E-state index in [1.165, 1.54) is 18.2 Å². The molecule has 0 aliphatic carbocycles. The molecule has 0 radical (unpaired) electrons. The van der Waals surface area contributed by atoms with Crippen LogP contribution in [0, 0.1) is 5.82 Å². The van der Waals surface area contributed by atoms with Crippen LogP contribution in [0.4, 0.5) is 8.78 Å². The maximum absolute atomic E-state index is 13.1. The van der Waals surface area contributed by atoms with E-state index in [1.54, 1.807) is 0 Å². The van der Waals surface area contributed by atoms with E-state index in [4.69, 9.17) is 17.3 Å². The summed E-state index contributed by atoms with van der Waals surface area (Å²) in [6.45, 7) is -0.794. The number of alkyl halides is 1. The molecule has 0 bridgehead atoms. The number of hydrogen-bond acceptors (Lipinski definition) is 1. The normalized spacial score (nSPS) is 13.0. The Hall–Kier alpha value is -0.670. The van der Waals surface area contributed by atoms with Crippen LogP contribution in [0.1, 0.15) is 11.6 Å². The summed E-state index contributed by atoms with van der Waals surface area (Å²) < 4.78 is 25.1.